The molecule has 0 aliphatic rings. The fourth-order valence-corrected chi connectivity index (χ4v) is 3.90. The maximum Gasteiger partial charge on any atom is 0.261 e. The Kier molecular flexibility index (Phi) is 4.80. The van der Waals surface area contributed by atoms with E-state index >= 15 is 0 Å². The Labute approximate surface area is 156 Å². The number of hydrogen-bond acceptors (Lipinski definition) is 4. The quantitative estimate of drug-likeness (QED) is 0.728. The second kappa shape index (κ2) is 6.76. The van der Waals surface area contributed by atoms with Crippen molar-refractivity contribution in [2.24, 2.45) is 0 Å². The van der Waals surface area contributed by atoms with Crippen LogP contribution in [0.15, 0.2) is 24.3 Å². The van der Waals surface area contributed by atoms with Crippen LogP contribution in [0.2, 0.25) is 0 Å². The molecule has 1 amide bonds. The lowest BCUT2D eigenvalue weighted by molar-refractivity contribution is 0.0954. The van der Waals surface area contributed by atoms with Gasteiger partial charge in [-0.15, -0.1) is 11.3 Å². The number of carbonyl (C=O) groups is 1. The number of amides is 1. The summed E-state index contributed by atoms with van der Waals surface area (Å²) in [6.45, 7) is 10.5. The standard InChI is InChI=1S/C20H22FN3OS/c1-11-15-12(2)23-19(20(3,4)5)24-18(15)26-16(11)17(25)22-10-13-6-8-14(21)9-7-13/h6-9H,10H2,1-5H3,(H,22,25). The van der Waals surface area contributed by atoms with Crippen LogP contribution in [0.4, 0.5) is 4.39 Å². The molecular formula is C20H22FN3OS. The number of nitrogens with one attached hydrogen (secondary N) is 1. The van der Waals surface area contributed by atoms with Crippen LogP contribution in [0.5, 0.6) is 0 Å². The zero-order valence-electron chi connectivity index (χ0n) is 15.6. The molecule has 6 heteroatoms. The summed E-state index contributed by atoms with van der Waals surface area (Å²) in [6, 6.07) is 6.11. The van der Waals surface area contributed by atoms with Crippen LogP contribution in [0.3, 0.4) is 0 Å². The van der Waals surface area contributed by atoms with Gasteiger partial charge in [0.1, 0.15) is 16.5 Å². The maximum absolute atomic E-state index is 13.0. The minimum Gasteiger partial charge on any atom is -0.347 e. The van der Waals surface area contributed by atoms with E-state index in [4.69, 9.17) is 0 Å². The van der Waals surface area contributed by atoms with Crippen molar-refractivity contribution in [1.82, 2.24) is 15.3 Å². The molecular weight excluding hydrogens is 349 g/mol. The normalized spacial score (nSPS) is 11.8. The number of rotatable bonds is 3. The highest BCUT2D eigenvalue weighted by atomic mass is 32.1. The lowest BCUT2D eigenvalue weighted by atomic mass is 9.95. The molecule has 2 heterocycles. The van der Waals surface area contributed by atoms with Crippen LogP contribution in [0.1, 0.15) is 53.1 Å². The number of aromatic nitrogens is 2. The van der Waals surface area contributed by atoms with Gasteiger partial charge < -0.3 is 5.32 Å². The van der Waals surface area contributed by atoms with Crippen molar-refractivity contribution < 1.29 is 9.18 Å². The predicted molar refractivity (Wildman–Crippen MR) is 103 cm³/mol. The molecule has 3 aromatic rings. The summed E-state index contributed by atoms with van der Waals surface area (Å²) in [4.78, 5) is 23.5. The average molecular weight is 371 g/mol. The fourth-order valence-electron chi connectivity index (χ4n) is 2.76. The van der Waals surface area contributed by atoms with Crippen molar-refractivity contribution in [1.29, 1.82) is 0 Å². The van der Waals surface area contributed by atoms with Crippen molar-refractivity contribution in [3.05, 3.63) is 57.6 Å². The number of aryl methyl sites for hydroxylation is 2. The Morgan fingerprint density at radius 2 is 1.81 bits per heavy atom. The number of carbonyl (C=O) groups excluding carboxylic acids is 1. The molecule has 2 aromatic heterocycles. The minimum atomic E-state index is -0.288. The topological polar surface area (TPSA) is 54.9 Å². The van der Waals surface area contributed by atoms with Crippen molar-refractivity contribution in [2.75, 3.05) is 0 Å². The predicted octanol–water partition coefficient (Wildman–Crippen LogP) is 4.67. The second-order valence-corrected chi connectivity index (χ2v) is 8.43. The molecule has 136 valence electrons. The van der Waals surface area contributed by atoms with Crippen molar-refractivity contribution >= 4 is 27.5 Å². The summed E-state index contributed by atoms with van der Waals surface area (Å²) < 4.78 is 13.0. The summed E-state index contributed by atoms with van der Waals surface area (Å²) in [5.41, 5.74) is 2.50. The molecule has 4 nitrogen and oxygen atoms in total. The maximum atomic E-state index is 13.0. The van der Waals surface area contributed by atoms with Gasteiger partial charge in [0.05, 0.1) is 10.6 Å². The lowest BCUT2D eigenvalue weighted by Gasteiger charge is -2.16. The van der Waals surface area contributed by atoms with E-state index in [1.54, 1.807) is 12.1 Å². The summed E-state index contributed by atoms with van der Waals surface area (Å²) in [6.07, 6.45) is 0. The minimum absolute atomic E-state index is 0.147. The highest BCUT2D eigenvalue weighted by Gasteiger charge is 2.23. The van der Waals surface area contributed by atoms with Crippen molar-refractivity contribution in [2.45, 2.75) is 46.6 Å². The van der Waals surface area contributed by atoms with Crippen molar-refractivity contribution in [3.8, 4) is 0 Å². The Morgan fingerprint density at radius 3 is 2.42 bits per heavy atom. The highest BCUT2D eigenvalue weighted by molar-refractivity contribution is 7.20. The van der Waals surface area contributed by atoms with Gasteiger partial charge in [-0.05, 0) is 37.1 Å². The molecule has 0 aliphatic carbocycles. The number of nitrogens with zero attached hydrogens (tertiary/aromatic N) is 2. The smallest absolute Gasteiger partial charge is 0.261 e. The largest absolute Gasteiger partial charge is 0.347 e. The van der Waals surface area contributed by atoms with Crippen LogP contribution >= 0.6 is 11.3 Å². The van der Waals surface area contributed by atoms with Crippen LogP contribution in [-0.2, 0) is 12.0 Å². The third-order valence-electron chi connectivity index (χ3n) is 4.21. The second-order valence-electron chi connectivity index (χ2n) is 7.43. The highest BCUT2D eigenvalue weighted by Crippen LogP contribution is 2.33. The summed E-state index contributed by atoms with van der Waals surface area (Å²) >= 11 is 1.39. The number of benzene rings is 1. The van der Waals surface area contributed by atoms with Gasteiger partial charge in [-0.25, -0.2) is 14.4 Å². The third-order valence-corrected chi connectivity index (χ3v) is 5.40. The molecule has 1 N–H and O–H groups in total. The van der Waals surface area contributed by atoms with Crippen LogP contribution in [0, 0.1) is 19.7 Å². The van der Waals surface area contributed by atoms with Crippen LogP contribution < -0.4 is 5.32 Å². The summed E-state index contributed by atoms with van der Waals surface area (Å²) in [7, 11) is 0. The molecule has 26 heavy (non-hydrogen) atoms. The molecule has 0 unspecified atom stereocenters. The summed E-state index contributed by atoms with van der Waals surface area (Å²) in [5, 5.41) is 3.86. The molecule has 0 saturated heterocycles. The summed E-state index contributed by atoms with van der Waals surface area (Å²) in [5.74, 6) is 0.345. The Balaban J connectivity index is 1.89. The van der Waals surface area contributed by atoms with Crippen LogP contribution in [0.25, 0.3) is 10.2 Å². The number of fused-ring (bicyclic) bond motifs is 1. The molecule has 0 atom stereocenters. The molecule has 0 radical (unpaired) electrons. The van der Waals surface area contributed by atoms with Gasteiger partial charge >= 0.3 is 0 Å². The first kappa shape index (κ1) is 18.5. The third kappa shape index (κ3) is 3.60. The first-order chi connectivity index (χ1) is 12.2. The van der Waals surface area contributed by atoms with Gasteiger partial charge in [0.15, 0.2) is 0 Å². The van der Waals surface area contributed by atoms with E-state index in [9.17, 15) is 9.18 Å². The average Bonchev–Trinajstić information content (AvgIpc) is 2.90. The lowest BCUT2D eigenvalue weighted by Crippen LogP contribution is -2.22. The van der Waals surface area contributed by atoms with Gasteiger partial charge in [0, 0.05) is 17.3 Å². The van der Waals surface area contributed by atoms with E-state index < -0.39 is 0 Å². The molecule has 0 saturated carbocycles. The fraction of sp³-hybridized carbons (Fsp3) is 0.350. The number of hydrogen-bond donors (Lipinski definition) is 1. The Bertz CT molecular complexity index is 971. The van der Waals surface area contributed by atoms with Crippen LogP contribution in [-0.4, -0.2) is 15.9 Å². The Morgan fingerprint density at radius 1 is 1.15 bits per heavy atom. The van der Waals surface area contributed by atoms with Gasteiger partial charge in [-0.1, -0.05) is 32.9 Å². The van der Waals surface area contributed by atoms with E-state index in [2.05, 4.69) is 36.1 Å². The first-order valence-corrected chi connectivity index (χ1v) is 9.29. The van der Waals surface area contributed by atoms with Gasteiger partial charge in [-0.3, -0.25) is 4.79 Å². The van der Waals surface area contributed by atoms with Gasteiger partial charge in [-0.2, -0.15) is 0 Å². The number of thiophene rings is 1. The molecule has 1 aromatic carbocycles. The SMILES string of the molecule is Cc1nc(C(C)(C)C)nc2sc(C(=O)NCc3ccc(F)cc3)c(C)c12. The zero-order chi connectivity index (χ0) is 19.1. The van der Waals surface area contributed by atoms with E-state index in [1.165, 1.54) is 23.5 Å². The van der Waals surface area contributed by atoms with E-state index in [1.807, 2.05) is 13.8 Å². The zero-order valence-corrected chi connectivity index (χ0v) is 16.4. The molecule has 0 spiro atoms. The number of halogens is 1. The van der Waals surface area contributed by atoms with E-state index in [0.29, 0.717) is 11.4 Å². The van der Waals surface area contributed by atoms with Crippen molar-refractivity contribution in [3.63, 3.8) is 0 Å². The molecule has 3 rings (SSSR count). The molecule has 0 fully saturated rings. The molecule has 0 bridgehead atoms. The van der Waals surface area contributed by atoms with E-state index in [0.717, 1.165) is 32.9 Å². The van der Waals surface area contributed by atoms with E-state index in [-0.39, 0.29) is 17.1 Å². The van der Waals surface area contributed by atoms with Gasteiger partial charge in [0.25, 0.3) is 5.91 Å². The monoisotopic (exact) mass is 371 g/mol. The first-order valence-electron chi connectivity index (χ1n) is 8.47. The van der Waals surface area contributed by atoms with Gasteiger partial charge in [0.2, 0.25) is 0 Å². The molecule has 0 aliphatic heterocycles. The Hall–Kier alpha value is -2.34.